The minimum atomic E-state index is -4.08. The van der Waals surface area contributed by atoms with Crippen LogP contribution in [0.3, 0.4) is 0 Å². The molecular weight excluding hydrogens is 522 g/mol. The SMILES string of the molecule is CCOC(=O)/C=C1\C2C=Cc3c(ccc4ncccc34)N2C(c2ccccc2)=CN1S(=O)(=O)c1ccc(C)cc1. The lowest BCUT2D eigenvalue weighted by Gasteiger charge is -2.45. The maximum Gasteiger partial charge on any atom is 0.332 e. The Labute approximate surface area is 233 Å². The molecule has 0 N–H and O–H groups in total. The van der Waals surface area contributed by atoms with Gasteiger partial charge < -0.3 is 9.64 Å². The fourth-order valence-electron chi connectivity index (χ4n) is 5.17. The molecule has 7 nitrogen and oxygen atoms in total. The van der Waals surface area contributed by atoms with E-state index in [2.05, 4.69) is 9.88 Å². The van der Waals surface area contributed by atoms with Crippen molar-refractivity contribution in [1.29, 1.82) is 0 Å². The van der Waals surface area contributed by atoms with E-state index in [1.165, 1.54) is 10.4 Å². The molecule has 8 heteroatoms. The highest BCUT2D eigenvalue weighted by molar-refractivity contribution is 7.89. The number of sulfonamides is 1. The van der Waals surface area contributed by atoms with E-state index in [-0.39, 0.29) is 17.2 Å². The van der Waals surface area contributed by atoms with Crippen LogP contribution >= 0.6 is 0 Å². The van der Waals surface area contributed by atoms with Gasteiger partial charge in [0, 0.05) is 29.4 Å². The number of hydrogen-bond acceptors (Lipinski definition) is 6. The van der Waals surface area contributed by atoms with E-state index in [0.717, 1.165) is 33.3 Å². The molecule has 1 unspecified atom stereocenters. The molecule has 6 rings (SSSR count). The molecule has 0 saturated heterocycles. The summed E-state index contributed by atoms with van der Waals surface area (Å²) >= 11 is 0. The Morgan fingerprint density at radius 1 is 1.00 bits per heavy atom. The van der Waals surface area contributed by atoms with Gasteiger partial charge >= 0.3 is 5.97 Å². The second kappa shape index (κ2) is 10.1. The van der Waals surface area contributed by atoms with Crippen molar-refractivity contribution in [2.45, 2.75) is 24.8 Å². The first-order valence-corrected chi connectivity index (χ1v) is 14.4. The highest BCUT2D eigenvalue weighted by Gasteiger charge is 2.40. The van der Waals surface area contributed by atoms with Crippen LogP contribution in [0.5, 0.6) is 0 Å². The first-order valence-electron chi connectivity index (χ1n) is 13.0. The summed E-state index contributed by atoms with van der Waals surface area (Å²) in [5.41, 5.74) is 5.43. The topological polar surface area (TPSA) is 79.8 Å². The monoisotopic (exact) mass is 549 g/mol. The van der Waals surface area contributed by atoms with E-state index in [1.54, 1.807) is 43.6 Å². The number of carbonyl (C=O) groups is 1. The minimum Gasteiger partial charge on any atom is -0.463 e. The lowest BCUT2D eigenvalue weighted by atomic mass is 9.93. The Morgan fingerprint density at radius 3 is 2.52 bits per heavy atom. The summed E-state index contributed by atoms with van der Waals surface area (Å²) in [6, 6.07) is 23.6. The van der Waals surface area contributed by atoms with Gasteiger partial charge in [0.25, 0.3) is 10.0 Å². The molecule has 0 saturated carbocycles. The maximum atomic E-state index is 14.2. The molecule has 1 aromatic heterocycles. The molecule has 2 aliphatic heterocycles. The summed E-state index contributed by atoms with van der Waals surface area (Å²) in [6.07, 6.45) is 8.54. The lowest BCUT2D eigenvalue weighted by molar-refractivity contribution is -0.137. The Balaban J connectivity index is 1.63. The number of nitrogens with zero attached hydrogens (tertiary/aromatic N) is 3. The Hall–Kier alpha value is -4.69. The Bertz CT molecular complexity index is 1810. The van der Waals surface area contributed by atoms with Gasteiger partial charge in [-0.05, 0) is 49.7 Å². The first kappa shape index (κ1) is 25.6. The standard InChI is InChI=1S/C32H27N3O4S/c1-3-39-32(36)20-30-29-17-15-26-25-10-7-19-33-27(25)16-18-28(26)35(29)31(23-8-5-4-6-9-23)21-34(30)40(37,38)24-13-11-22(2)12-14-24/h4-21,29H,3H2,1-2H3/b30-20+. The highest BCUT2D eigenvalue weighted by Crippen LogP contribution is 2.45. The van der Waals surface area contributed by atoms with Crippen LogP contribution in [-0.4, -0.2) is 36.3 Å². The largest absolute Gasteiger partial charge is 0.463 e. The van der Waals surface area contributed by atoms with E-state index in [1.807, 2.05) is 73.7 Å². The molecule has 0 aliphatic carbocycles. The number of hydrogen-bond donors (Lipinski definition) is 0. The molecule has 200 valence electrons. The van der Waals surface area contributed by atoms with Crippen molar-refractivity contribution in [3.63, 3.8) is 0 Å². The summed E-state index contributed by atoms with van der Waals surface area (Å²) in [4.78, 5) is 19.5. The quantitative estimate of drug-likeness (QED) is 0.228. The van der Waals surface area contributed by atoms with Gasteiger partial charge in [-0.3, -0.25) is 4.98 Å². The van der Waals surface area contributed by atoms with E-state index in [9.17, 15) is 13.2 Å². The molecule has 0 fully saturated rings. The number of ether oxygens (including phenoxy) is 1. The molecule has 0 spiro atoms. The van der Waals surface area contributed by atoms with Crippen molar-refractivity contribution >= 4 is 44.4 Å². The minimum absolute atomic E-state index is 0.127. The average molecular weight is 550 g/mol. The van der Waals surface area contributed by atoms with Crippen molar-refractivity contribution in [3.8, 4) is 0 Å². The smallest absolute Gasteiger partial charge is 0.332 e. The number of anilines is 1. The van der Waals surface area contributed by atoms with E-state index in [4.69, 9.17) is 4.74 Å². The summed E-state index contributed by atoms with van der Waals surface area (Å²) in [5.74, 6) is -0.611. The number of benzene rings is 3. The van der Waals surface area contributed by atoms with Crippen LogP contribution in [0.4, 0.5) is 5.69 Å². The van der Waals surface area contributed by atoms with Crippen molar-refractivity contribution in [1.82, 2.24) is 9.29 Å². The number of aryl methyl sites for hydroxylation is 1. The van der Waals surface area contributed by atoms with Gasteiger partial charge in [0.15, 0.2) is 0 Å². The van der Waals surface area contributed by atoms with Crippen molar-refractivity contribution in [2.75, 3.05) is 11.5 Å². The van der Waals surface area contributed by atoms with E-state index < -0.39 is 22.0 Å². The third-order valence-electron chi connectivity index (χ3n) is 7.04. The number of esters is 1. The second-order valence-electron chi connectivity index (χ2n) is 9.56. The van der Waals surface area contributed by atoms with Crippen LogP contribution < -0.4 is 4.90 Å². The van der Waals surface area contributed by atoms with E-state index in [0.29, 0.717) is 5.70 Å². The van der Waals surface area contributed by atoms with E-state index >= 15 is 0 Å². The van der Waals surface area contributed by atoms with Crippen LogP contribution in [0.1, 0.15) is 23.6 Å². The molecule has 0 amide bonds. The molecule has 2 aliphatic rings. The fraction of sp³-hybridized carbons (Fsp3) is 0.125. The number of fused-ring (bicyclic) bond motifs is 5. The second-order valence-corrected chi connectivity index (χ2v) is 11.4. The third kappa shape index (κ3) is 4.36. The summed E-state index contributed by atoms with van der Waals surface area (Å²) in [7, 11) is -4.08. The summed E-state index contributed by atoms with van der Waals surface area (Å²) in [5, 5.41) is 0.979. The zero-order chi connectivity index (χ0) is 27.9. The van der Waals surface area contributed by atoms with Gasteiger partial charge in [0.2, 0.25) is 0 Å². The van der Waals surface area contributed by atoms with Crippen LogP contribution in [0.2, 0.25) is 0 Å². The van der Waals surface area contributed by atoms with Crippen molar-refractivity contribution in [2.24, 2.45) is 0 Å². The van der Waals surface area contributed by atoms with Crippen LogP contribution in [0.15, 0.2) is 114 Å². The molecular formula is C32H27N3O4S. The third-order valence-corrected chi connectivity index (χ3v) is 8.74. The highest BCUT2D eigenvalue weighted by atomic mass is 32.2. The van der Waals surface area contributed by atoms with Crippen molar-refractivity contribution < 1.29 is 17.9 Å². The van der Waals surface area contributed by atoms with Gasteiger partial charge in [-0.2, -0.15) is 0 Å². The number of aromatic nitrogens is 1. The maximum absolute atomic E-state index is 14.2. The van der Waals surface area contributed by atoms with Crippen LogP contribution in [0.25, 0.3) is 22.7 Å². The zero-order valence-corrected chi connectivity index (χ0v) is 22.9. The van der Waals surface area contributed by atoms with Crippen LogP contribution in [0, 0.1) is 6.92 Å². The normalized spacial score (nSPS) is 17.4. The lowest BCUT2D eigenvalue weighted by Crippen LogP contribution is -2.47. The van der Waals surface area contributed by atoms with Gasteiger partial charge in [0.1, 0.15) is 0 Å². The van der Waals surface area contributed by atoms with Gasteiger partial charge in [-0.25, -0.2) is 17.5 Å². The van der Waals surface area contributed by atoms with Gasteiger partial charge in [0.05, 0.1) is 40.1 Å². The molecule has 3 aromatic carbocycles. The predicted molar refractivity (Wildman–Crippen MR) is 156 cm³/mol. The van der Waals surface area contributed by atoms with Gasteiger partial charge in [-0.15, -0.1) is 0 Å². The molecule has 4 aromatic rings. The molecule has 1 atom stereocenters. The van der Waals surface area contributed by atoms with Crippen LogP contribution in [-0.2, 0) is 19.6 Å². The zero-order valence-electron chi connectivity index (χ0n) is 22.1. The predicted octanol–water partition coefficient (Wildman–Crippen LogP) is 5.90. The number of rotatable bonds is 5. The van der Waals surface area contributed by atoms with Gasteiger partial charge in [-0.1, -0.05) is 66.2 Å². The Kier molecular flexibility index (Phi) is 6.48. The Morgan fingerprint density at radius 2 is 1.77 bits per heavy atom. The molecule has 40 heavy (non-hydrogen) atoms. The molecule has 3 heterocycles. The number of carbonyl (C=O) groups excluding carboxylic acids is 1. The summed E-state index contributed by atoms with van der Waals surface area (Å²) in [6.45, 7) is 3.79. The molecule has 0 bridgehead atoms. The first-order chi connectivity index (χ1) is 19.4. The molecule has 0 radical (unpaired) electrons. The number of pyridine rings is 1. The van der Waals surface area contributed by atoms with Crippen molar-refractivity contribution in [3.05, 3.63) is 126 Å². The fourth-order valence-corrected chi connectivity index (χ4v) is 6.55. The summed E-state index contributed by atoms with van der Waals surface area (Å²) < 4.78 is 34.8. The average Bonchev–Trinajstić information content (AvgIpc) is 2.97.